The lowest BCUT2D eigenvalue weighted by molar-refractivity contribution is -0.122. The summed E-state index contributed by atoms with van der Waals surface area (Å²) in [5.41, 5.74) is 2.79. The number of hydrogen-bond acceptors (Lipinski definition) is 2. The second kappa shape index (κ2) is 12.5. The van der Waals surface area contributed by atoms with E-state index in [1.807, 2.05) is 37.3 Å². The standard InChI is InChI=1S/C23H29FN4O.HI/c1-2-25-23(26-13-12-17-6-3-10-20(24)14-17)27-16-18-7-4-11-21(15-18)28-22(29)19-8-5-9-19;/h3-4,6-7,10-11,14-15,19H,2,5,8-9,12-13,16H2,1H3,(H,28,29)(H2,25,26,27);1H. The van der Waals surface area contributed by atoms with E-state index in [0.717, 1.165) is 42.6 Å². The molecule has 0 atom stereocenters. The summed E-state index contributed by atoms with van der Waals surface area (Å²) in [6.07, 6.45) is 3.84. The van der Waals surface area contributed by atoms with E-state index in [1.54, 1.807) is 12.1 Å². The third kappa shape index (κ3) is 7.59. The molecule has 1 amide bonds. The Labute approximate surface area is 195 Å². The molecular weight excluding hydrogens is 494 g/mol. The highest BCUT2D eigenvalue weighted by atomic mass is 127. The predicted octanol–water partition coefficient (Wildman–Crippen LogP) is 4.48. The summed E-state index contributed by atoms with van der Waals surface area (Å²) in [5, 5.41) is 9.51. The number of anilines is 1. The fraction of sp³-hybridized carbons (Fsp3) is 0.391. The summed E-state index contributed by atoms with van der Waals surface area (Å²) in [7, 11) is 0. The van der Waals surface area contributed by atoms with Crippen LogP contribution in [0.4, 0.5) is 10.1 Å². The van der Waals surface area contributed by atoms with Gasteiger partial charge in [0.25, 0.3) is 0 Å². The van der Waals surface area contributed by atoms with Crippen molar-refractivity contribution in [1.82, 2.24) is 10.6 Å². The molecule has 0 heterocycles. The molecule has 162 valence electrons. The molecule has 2 aromatic carbocycles. The van der Waals surface area contributed by atoms with Gasteiger partial charge in [0, 0.05) is 24.7 Å². The maximum Gasteiger partial charge on any atom is 0.227 e. The van der Waals surface area contributed by atoms with Gasteiger partial charge in [-0.25, -0.2) is 9.38 Å². The van der Waals surface area contributed by atoms with Gasteiger partial charge in [0.2, 0.25) is 5.91 Å². The predicted molar refractivity (Wildman–Crippen MR) is 131 cm³/mol. The molecule has 0 saturated heterocycles. The first-order valence-corrected chi connectivity index (χ1v) is 10.3. The molecular formula is C23H30FIN4O. The minimum atomic E-state index is -0.215. The summed E-state index contributed by atoms with van der Waals surface area (Å²) in [5.74, 6) is 0.781. The number of benzene rings is 2. The van der Waals surface area contributed by atoms with Crippen molar-refractivity contribution in [3.63, 3.8) is 0 Å². The smallest absolute Gasteiger partial charge is 0.227 e. The summed E-state index contributed by atoms with van der Waals surface area (Å²) in [4.78, 5) is 16.8. The van der Waals surface area contributed by atoms with Gasteiger partial charge in [-0.15, -0.1) is 24.0 Å². The topological polar surface area (TPSA) is 65.5 Å². The van der Waals surface area contributed by atoms with Gasteiger partial charge >= 0.3 is 0 Å². The summed E-state index contributed by atoms with van der Waals surface area (Å²) < 4.78 is 13.3. The normalized spacial score (nSPS) is 13.7. The molecule has 2 aromatic rings. The zero-order valence-electron chi connectivity index (χ0n) is 17.3. The molecule has 0 aromatic heterocycles. The maximum atomic E-state index is 13.3. The minimum absolute atomic E-state index is 0. The van der Waals surface area contributed by atoms with Gasteiger partial charge in [0.15, 0.2) is 5.96 Å². The van der Waals surface area contributed by atoms with Crippen LogP contribution in [0.2, 0.25) is 0 Å². The Hall–Kier alpha value is -2.16. The molecule has 30 heavy (non-hydrogen) atoms. The van der Waals surface area contributed by atoms with Crippen molar-refractivity contribution in [1.29, 1.82) is 0 Å². The molecule has 1 fully saturated rings. The number of carbonyl (C=O) groups is 1. The number of nitrogens with zero attached hydrogens (tertiary/aromatic N) is 1. The van der Waals surface area contributed by atoms with Crippen LogP contribution in [0.25, 0.3) is 0 Å². The fourth-order valence-corrected chi connectivity index (χ4v) is 3.19. The average molecular weight is 524 g/mol. The zero-order chi connectivity index (χ0) is 20.5. The summed E-state index contributed by atoms with van der Waals surface area (Å²) in [6.45, 7) is 3.93. The second-order valence-corrected chi connectivity index (χ2v) is 7.32. The Balaban J connectivity index is 0.00000320. The molecule has 1 aliphatic rings. The van der Waals surface area contributed by atoms with E-state index in [-0.39, 0.29) is 41.6 Å². The van der Waals surface area contributed by atoms with E-state index in [0.29, 0.717) is 25.5 Å². The molecule has 0 aliphatic heterocycles. The van der Waals surface area contributed by atoms with Gasteiger partial charge in [-0.2, -0.15) is 0 Å². The monoisotopic (exact) mass is 524 g/mol. The van der Waals surface area contributed by atoms with Crippen LogP contribution in [0.5, 0.6) is 0 Å². The molecule has 1 saturated carbocycles. The third-order valence-corrected chi connectivity index (χ3v) is 5.03. The SMILES string of the molecule is CCNC(=NCc1cccc(NC(=O)C2CCC2)c1)NCCc1cccc(F)c1.I. The molecule has 3 rings (SSSR count). The highest BCUT2D eigenvalue weighted by Gasteiger charge is 2.25. The fourth-order valence-electron chi connectivity index (χ4n) is 3.19. The van der Waals surface area contributed by atoms with E-state index in [4.69, 9.17) is 0 Å². The highest BCUT2D eigenvalue weighted by molar-refractivity contribution is 14.0. The molecule has 7 heteroatoms. The molecule has 0 spiro atoms. The van der Waals surface area contributed by atoms with Crippen LogP contribution < -0.4 is 16.0 Å². The molecule has 0 unspecified atom stereocenters. The number of guanidine groups is 1. The van der Waals surface area contributed by atoms with Gasteiger partial charge in [-0.1, -0.05) is 30.7 Å². The number of hydrogen-bond donors (Lipinski definition) is 3. The second-order valence-electron chi connectivity index (χ2n) is 7.32. The van der Waals surface area contributed by atoms with Crippen molar-refractivity contribution in [2.75, 3.05) is 18.4 Å². The Morgan fingerprint density at radius 1 is 1.10 bits per heavy atom. The van der Waals surface area contributed by atoms with Crippen LogP contribution in [0.15, 0.2) is 53.5 Å². The van der Waals surface area contributed by atoms with E-state index in [2.05, 4.69) is 20.9 Å². The Morgan fingerprint density at radius 2 is 1.87 bits per heavy atom. The quantitative estimate of drug-likeness (QED) is 0.271. The third-order valence-electron chi connectivity index (χ3n) is 5.03. The first-order chi connectivity index (χ1) is 14.1. The largest absolute Gasteiger partial charge is 0.357 e. The Morgan fingerprint density at radius 3 is 2.57 bits per heavy atom. The molecule has 0 bridgehead atoms. The lowest BCUT2D eigenvalue weighted by atomic mass is 9.85. The zero-order valence-corrected chi connectivity index (χ0v) is 19.6. The van der Waals surface area contributed by atoms with Crippen molar-refractivity contribution < 1.29 is 9.18 Å². The van der Waals surface area contributed by atoms with E-state index >= 15 is 0 Å². The molecule has 5 nitrogen and oxygen atoms in total. The van der Waals surface area contributed by atoms with Crippen molar-refractivity contribution in [2.45, 2.75) is 39.2 Å². The first kappa shape index (κ1) is 24.1. The summed E-state index contributed by atoms with van der Waals surface area (Å²) >= 11 is 0. The Kier molecular flexibility index (Phi) is 10.1. The average Bonchev–Trinajstić information content (AvgIpc) is 2.65. The molecule has 3 N–H and O–H groups in total. The van der Waals surface area contributed by atoms with Gasteiger partial charge in [-0.3, -0.25) is 4.79 Å². The number of nitrogens with one attached hydrogen (secondary N) is 3. The number of aliphatic imine (C=N–C) groups is 1. The van der Waals surface area contributed by atoms with Crippen molar-refractivity contribution in [3.8, 4) is 0 Å². The van der Waals surface area contributed by atoms with Crippen molar-refractivity contribution in [2.24, 2.45) is 10.9 Å². The van der Waals surface area contributed by atoms with Crippen LogP contribution in [-0.4, -0.2) is 25.0 Å². The van der Waals surface area contributed by atoms with Crippen LogP contribution in [0, 0.1) is 11.7 Å². The highest BCUT2D eigenvalue weighted by Crippen LogP contribution is 2.27. The number of halogens is 2. The van der Waals surface area contributed by atoms with Crippen molar-refractivity contribution >= 4 is 41.5 Å². The van der Waals surface area contributed by atoms with Crippen LogP contribution >= 0.6 is 24.0 Å². The van der Waals surface area contributed by atoms with E-state index in [1.165, 1.54) is 6.07 Å². The van der Waals surface area contributed by atoms with Crippen molar-refractivity contribution in [3.05, 3.63) is 65.5 Å². The molecule has 0 radical (unpaired) electrons. The maximum absolute atomic E-state index is 13.3. The lowest BCUT2D eigenvalue weighted by Crippen LogP contribution is -2.38. The van der Waals surface area contributed by atoms with Gasteiger partial charge in [-0.05, 0) is 61.6 Å². The van der Waals surface area contributed by atoms with Crippen LogP contribution in [0.1, 0.15) is 37.3 Å². The number of amides is 1. The van der Waals surface area contributed by atoms with E-state index in [9.17, 15) is 9.18 Å². The van der Waals surface area contributed by atoms with Crippen LogP contribution in [0.3, 0.4) is 0 Å². The van der Waals surface area contributed by atoms with Gasteiger partial charge < -0.3 is 16.0 Å². The number of carbonyl (C=O) groups excluding carboxylic acids is 1. The lowest BCUT2D eigenvalue weighted by Gasteiger charge is -2.24. The number of rotatable bonds is 8. The van der Waals surface area contributed by atoms with E-state index < -0.39 is 0 Å². The molecule has 1 aliphatic carbocycles. The summed E-state index contributed by atoms with van der Waals surface area (Å²) in [6, 6.07) is 14.5. The minimum Gasteiger partial charge on any atom is -0.357 e. The van der Waals surface area contributed by atoms with Gasteiger partial charge in [0.05, 0.1) is 6.54 Å². The van der Waals surface area contributed by atoms with Gasteiger partial charge in [0.1, 0.15) is 5.82 Å². The first-order valence-electron chi connectivity index (χ1n) is 10.3. The Bertz CT molecular complexity index is 855. The van der Waals surface area contributed by atoms with Crippen LogP contribution in [-0.2, 0) is 17.8 Å².